The van der Waals surface area contributed by atoms with Crippen LogP contribution in [-0.2, 0) is 11.0 Å². The van der Waals surface area contributed by atoms with E-state index in [0.29, 0.717) is 12.0 Å². The van der Waals surface area contributed by atoms with E-state index in [2.05, 4.69) is 5.32 Å². The molecule has 2 atom stereocenters. The van der Waals surface area contributed by atoms with Gasteiger partial charge in [0.15, 0.2) is 0 Å². The molecule has 112 valence electrons. The number of nitrogens with two attached hydrogens (primary N) is 1. The fourth-order valence-electron chi connectivity index (χ4n) is 1.86. The summed E-state index contributed by atoms with van der Waals surface area (Å²) in [5.74, 6) is -0.553. The molecular weight excluding hydrogens is 269 g/mol. The molecule has 3 nitrogen and oxygen atoms in total. The van der Waals surface area contributed by atoms with Crippen LogP contribution in [0.3, 0.4) is 0 Å². The number of hydrogen-bond acceptors (Lipinski definition) is 2. The Morgan fingerprint density at radius 2 is 2.05 bits per heavy atom. The minimum absolute atomic E-state index is 0.220. The van der Waals surface area contributed by atoms with Gasteiger partial charge in [0, 0.05) is 12.5 Å². The lowest BCUT2D eigenvalue weighted by Crippen LogP contribution is -2.36. The van der Waals surface area contributed by atoms with Gasteiger partial charge in [0.05, 0.1) is 11.6 Å². The third-order valence-corrected chi connectivity index (χ3v) is 3.22. The van der Waals surface area contributed by atoms with Crippen LogP contribution in [0, 0.1) is 5.92 Å². The molecule has 0 bridgehead atoms. The van der Waals surface area contributed by atoms with Crippen LogP contribution in [0.5, 0.6) is 0 Å². The van der Waals surface area contributed by atoms with Gasteiger partial charge in [-0.3, -0.25) is 4.79 Å². The molecule has 1 amide bonds. The third-order valence-electron chi connectivity index (χ3n) is 3.22. The van der Waals surface area contributed by atoms with Crippen LogP contribution in [0.4, 0.5) is 13.2 Å². The van der Waals surface area contributed by atoms with Crippen LogP contribution >= 0.6 is 0 Å². The smallest absolute Gasteiger partial charge is 0.349 e. The number of benzene rings is 1. The second-order valence-corrected chi connectivity index (χ2v) is 4.69. The van der Waals surface area contributed by atoms with E-state index >= 15 is 0 Å². The molecule has 0 aromatic heterocycles. The van der Waals surface area contributed by atoms with E-state index in [4.69, 9.17) is 5.73 Å². The number of carbonyl (C=O) groups is 1. The van der Waals surface area contributed by atoms with Crippen molar-refractivity contribution in [3.8, 4) is 0 Å². The fraction of sp³-hybridized carbons (Fsp3) is 0.500. The maximum Gasteiger partial charge on any atom is 0.416 e. The molecule has 20 heavy (non-hydrogen) atoms. The number of carbonyl (C=O) groups excluding carboxylic acids is 1. The van der Waals surface area contributed by atoms with Crippen LogP contribution in [-0.4, -0.2) is 12.5 Å². The van der Waals surface area contributed by atoms with Gasteiger partial charge in [-0.15, -0.1) is 0 Å². The van der Waals surface area contributed by atoms with Gasteiger partial charge in [-0.2, -0.15) is 13.2 Å². The van der Waals surface area contributed by atoms with E-state index in [-0.39, 0.29) is 18.4 Å². The Morgan fingerprint density at radius 1 is 1.40 bits per heavy atom. The van der Waals surface area contributed by atoms with Crippen LogP contribution < -0.4 is 11.1 Å². The second-order valence-electron chi connectivity index (χ2n) is 4.69. The average Bonchev–Trinajstić information content (AvgIpc) is 2.39. The molecule has 3 N–H and O–H groups in total. The fourth-order valence-corrected chi connectivity index (χ4v) is 1.86. The quantitative estimate of drug-likeness (QED) is 0.875. The molecule has 0 aliphatic heterocycles. The zero-order valence-electron chi connectivity index (χ0n) is 11.5. The Bertz CT molecular complexity index is 456. The van der Waals surface area contributed by atoms with Gasteiger partial charge in [-0.25, -0.2) is 0 Å². The Hall–Kier alpha value is -1.56. The second kappa shape index (κ2) is 6.74. The van der Waals surface area contributed by atoms with Crippen LogP contribution in [0.15, 0.2) is 24.3 Å². The van der Waals surface area contributed by atoms with E-state index in [1.54, 1.807) is 13.0 Å². The summed E-state index contributed by atoms with van der Waals surface area (Å²) < 4.78 is 37.9. The Kier molecular flexibility index (Phi) is 5.56. The minimum atomic E-state index is -4.39. The van der Waals surface area contributed by atoms with Crippen LogP contribution in [0.2, 0.25) is 0 Å². The number of alkyl halides is 3. The molecule has 0 spiro atoms. The molecule has 0 saturated heterocycles. The number of amides is 1. The number of halogens is 3. The van der Waals surface area contributed by atoms with E-state index in [0.717, 1.165) is 12.1 Å². The number of hydrogen-bond donors (Lipinski definition) is 2. The molecule has 1 aromatic carbocycles. The summed E-state index contributed by atoms with van der Waals surface area (Å²) in [7, 11) is 0. The molecule has 6 heteroatoms. The average molecular weight is 288 g/mol. The first-order chi connectivity index (χ1) is 9.29. The molecule has 0 aliphatic carbocycles. The van der Waals surface area contributed by atoms with Crippen molar-refractivity contribution in [3.63, 3.8) is 0 Å². The summed E-state index contributed by atoms with van der Waals surface area (Å²) in [6.07, 6.45) is -3.79. The van der Waals surface area contributed by atoms with Crippen molar-refractivity contribution in [2.45, 2.75) is 32.5 Å². The lowest BCUT2D eigenvalue weighted by Gasteiger charge is -2.19. The maximum absolute atomic E-state index is 12.6. The molecule has 0 heterocycles. The van der Waals surface area contributed by atoms with Crippen molar-refractivity contribution in [2.24, 2.45) is 11.7 Å². The normalized spacial score (nSPS) is 14.7. The van der Waals surface area contributed by atoms with Gasteiger partial charge in [0.1, 0.15) is 0 Å². The van der Waals surface area contributed by atoms with Crippen molar-refractivity contribution in [1.82, 2.24) is 5.32 Å². The highest BCUT2D eigenvalue weighted by Crippen LogP contribution is 2.30. The van der Waals surface area contributed by atoms with Gasteiger partial charge in [-0.1, -0.05) is 19.1 Å². The molecule has 0 fully saturated rings. The van der Waals surface area contributed by atoms with E-state index in [1.165, 1.54) is 6.07 Å². The minimum Gasteiger partial charge on any atom is -0.349 e. The number of nitrogens with one attached hydrogen (secondary N) is 1. The monoisotopic (exact) mass is 288 g/mol. The molecule has 0 aliphatic rings. The molecule has 1 rings (SSSR count). The predicted octanol–water partition coefficient (Wildman–Crippen LogP) is 2.87. The first-order valence-corrected chi connectivity index (χ1v) is 6.47. The lowest BCUT2D eigenvalue weighted by molar-refractivity contribution is -0.137. The van der Waals surface area contributed by atoms with E-state index in [1.807, 2.05) is 6.92 Å². The van der Waals surface area contributed by atoms with Crippen LogP contribution in [0.25, 0.3) is 0 Å². The highest BCUT2D eigenvalue weighted by atomic mass is 19.4. The van der Waals surface area contributed by atoms with E-state index in [9.17, 15) is 18.0 Å². The largest absolute Gasteiger partial charge is 0.416 e. The van der Waals surface area contributed by atoms with Crippen molar-refractivity contribution < 1.29 is 18.0 Å². The first kappa shape index (κ1) is 16.5. The Labute approximate surface area is 116 Å². The summed E-state index contributed by atoms with van der Waals surface area (Å²) in [5, 5.41) is 2.69. The summed E-state index contributed by atoms with van der Waals surface area (Å²) in [5.41, 5.74) is 5.17. The zero-order valence-corrected chi connectivity index (χ0v) is 11.5. The van der Waals surface area contributed by atoms with Crippen LogP contribution in [0.1, 0.15) is 37.4 Å². The molecule has 0 saturated carbocycles. The summed E-state index contributed by atoms with van der Waals surface area (Å²) in [6.45, 7) is 3.71. The van der Waals surface area contributed by atoms with Gasteiger partial charge in [-0.05, 0) is 31.0 Å². The van der Waals surface area contributed by atoms with E-state index < -0.39 is 17.8 Å². The topological polar surface area (TPSA) is 55.1 Å². The maximum atomic E-state index is 12.6. The predicted molar refractivity (Wildman–Crippen MR) is 70.8 cm³/mol. The molecule has 0 radical (unpaired) electrons. The third kappa shape index (κ3) is 4.23. The molecular formula is C14H19F3N2O. The van der Waals surface area contributed by atoms with Gasteiger partial charge in [0.2, 0.25) is 5.91 Å². The molecule has 2 unspecified atom stereocenters. The first-order valence-electron chi connectivity index (χ1n) is 6.47. The molecule has 1 aromatic rings. The van der Waals surface area contributed by atoms with Gasteiger partial charge >= 0.3 is 6.18 Å². The standard InChI is InChI=1S/C14H19F3N2O/c1-3-10(8-18)13(20)19-9(2)11-5-4-6-12(7-11)14(15,16)17/h4-7,9-10H,3,8,18H2,1-2H3,(H,19,20). The summed E-state index contributed by atoms with van der Waals surface area (Å²) >= 11 is 0. The SMILES string of the molecule is CCC(CN)C(=O)NC(C)c1cccc(C(F)(F)F)c1. The highest BCUT2D eigenvalue weighted by molar-refractivity contribution is 5.79. The Balaban J connectivity index is 2.83. The summed E-state index contributed by atoms with van der Waals surface area (Å²) in [6, 6.07) is 4.46. The lowest BCUT2D eigenvalue weighted by atomic mass is 10.0. The van der Waals surface area contributed by atoms with Crippen molar-refractivity contribution >= 4 is 5.91 Å². The van der Waals surface area contributed by atoms with Gasteiger partial charge in [0.25, 0.3) is 0 Å². The zero-order chi connectivity index (χ0) is 15.3. The van der Waals surface area contributed by atoms with Gasteiger partial charge < -0.3 is 11.1 Å². The van der Waals surface area contributed by atoms with Crippen molar-refractivity contribution in [1.29, 1.82) is 0 Å². The highest BCUT2D eigenvalue weighted by Gasteiger charge is 2.30. The van der Waals surface area contributed by atoms with Crippen molar-refractivity contribution in [3.05, 3.63) is 35.4 Å². The summed E-state index contributed by atoms with van der Waals surface area (Å²) in [4.78, 5) is 11.9. The Morgan fingerprint density at radius 3 is 2.55 bits per heavy atom. The van der Waals surface area contributed by atoms with Crippen molar-refractivity contribution in [2.75, 3.05) is 6.54 Å². The number of rotatable bonds is 5.